The number of amides is 3. The van der Waals surface area contributed by atoms with Crippen LogP contribution in [-0.4, -0.2) is 43.3 Å². The topological polar surface area (TPSA) is 73.8 Å². The summed E-state index contributed by atoms with van der Waals surface area (Å²) in [5.41, 5.74) is 0.592. The van der Waals surface area contributed by atoms with Gasteiger partial charge in [0.25, 0.3) is 5.91 Å². The summed E-state index contributed by atoms with van der Waals surface area (Å²) in [5.74, 6) is -1.27. The molecule has 1 aromatic carbocycles. The number of aryl methyl sites for hydroxylation is 1. The monoisotopic (exact) mass is 386 g/mol. The standard InChI is InChI=1S/C9H10F2.C8H16N4O2.C2H6/c1-2-3-7-4-5-8(10)6-9(7)11;1-6(2)11-7(13)5-10-12(4)8(14)9-3;1-2/h4-6H,2-3H2,1H3;5-6H,1-4H3,(H,9,14)(H,11,13);1-2H3/b;10-5+;. The number of nitrogens with one attached hydrogen (secondary N) is 2. The van der Waals surface area contributed by atoms with Gasteiger partial charge in [0.2, 0.25) is 0 Å². The van der Waals surface area contributed by atoms with Crippen LogP contribution in [-0.2, 0) is 11.2 Å². The number of rotatable bonds is 5. The van der Waals surface area contributed by atoms with Crippen molar-refractivity contribution in [2.24, 2.45) is 5.10 Å². The summed E-state index contributed by atoms with van der Waals surface area (Å²) in [4.78, 5) is 22.0. The fraction of sp³-hybridized carbons (Fsp3) is 0.526. The normalized spacial score (nSPS) is 9.70. The first-order valence-corrected chi connectivity index (χ1v) is 8.95. The van der Waals surface area contributed by atoms with Gasteiger partial charge < -0.3 is 10.6 Å². The number of nitrogens with zero attached hydrogens (tertiary/aromatic N) is 2. The van der Waals surface area contributed by atoms with Crippen LogP contribution in [0.3, 0.4) is 0 Å². The van der Waals surface area contributed by atoms with Crippen molar-refractivity contribution in [2.45, 2.75) is 53.5 Å². The fourth-order valence-electron chi connectivity index (χ4n) is 1.67. The molecule has 0 aliphatic heterocycles. The van der Waals surface area contributed by atoms with E-state index in [1.165, 1.54) is 26.2 Å². The van der Waals surface area contributed by atoms with E-state index in [9.17, 15) is 18.4 Å². The maximum absolute atomic E-state index is 12.8. The molecule has 0 atom stereocenters. The number of urea groups is 1. The molecule has 0 saturated heterocycles. The average Bonchev–Trinajstić information content (AvgIpc) is 2.63. The fourth-order valence-corrected chi connectivity index (χ4v) is 1.67. The van der Waals surface area contributed by atoms with Crippen LogP contribution >= 0.6 is 0 Å². The number of benzene rings is 1. The molecule has 0 heterocycles. The lowest BCUT2D eigenvalue weighted by Gasteiger charge is -2.09. The summed E-state index contributed by atoms with van der Waals surface area (Å²) in [5, 5.41) is 9.65. The van der Waals surface area contributed by atoms with Crippen LogP contribution in [0, 0.1) is 11.6 Å². The number of hydrogen-bond acceptors (Lipinski definition) is 3. The predicted octanol–water partition coefficient (Wildman–Crippen LogP) is 3.71. The van der Waals surface area contributed by atoms with Crippen LogP contribution in [0.15, 0.2) is 23.3 Å². The molecule has 1 aromatic rings. The third-order valence-electron chi connectivity index (χ3n) is 2.82. The largest absolute Gasteiger partial charge is 0.349 e. The second kappa shape index (κ2) is 15.7. The van der Waals surface area contributed by atoms with Gasteiger partial charge in [-0.15, -0.1) is 0 Å². The van der Waals surface area contributed by atoms with E-state index < -0.39 is 11.6 Å². The second-order valence-corrected chi connectivity index (χ2v) is 5.47. The zero-order valence-electron chi connectivity index (χ0n) is 17.3. The zero-order chi connectivity index (χ0) is 21.4. The van der Waals surface area contributed by atoms with Crippen molar-refractivity contribution in [1.29, 1.82) is 0 Å². The molecular formula is C19H32F2N4O2. The van der Waals surface area contributed by atoms with Gasteiger partial charge in [-0.25, -0.2) is 18.6 Å². The Bertz CT molecular complexity index is 593. The van der Waals surface area contributed by atoms with Gasteiger partial charge in [-0.3, -0.25) is 4.79 Å². The van der Waals surface area contributed by atoms with Gasteiger partial charge in [0.05, 0.1) is 0 Å². The summed E-state index contributed by atoms with van der Waals surface area (Å²) in [6.07, 6.45) is 2.61. The first-order valence-electron chi connectivity index (χ1n) is 8.95. The van der Waals surface area contributed by atoms with Crippen LogP contribution in [0.1, 0.15) is 46.6 Å². The summed E-state index contributed by atoms with van der Waals surface area (Å²) in [6.45, 7) is 9.64. The highest BCUT2D eigenvalue weighted by molar-refractivity contribution is 6.26. The SMILES string of the molecule is CC.CCCc1ccc(F)cc1F.CNC(=O)N(C)/N=C/C(=O)NC(C)C. The quantitative estimate of drug-likeness (QED) is 0.598. The van der Waals surface area contributed by atoms with Gasteiger partial charge in [-0.2, -0.15) is 5.10 Å². The Hall–Kier alpha value is -2.51. The maximum atomic E-state index is 12.8. The van der Waals surface area contributed by atoms with Gasteiger partial charge in [-0.1, -0.05) is 33.3 Å². The van der Waals surface area contributed by atoms with Crippen molar-refractivity contribution in [1.82, 2.24) is 15.6 Å². The molecule has 0 aromatic heterocycles. The van der Waals surface area contributed by atoms with Crippen LogP contribution < -0.4 is 10.6 Å². The van der Waals surface area contributed by atoms with Crippen molar-refractivity contribution in [2.75, 3.05) is 14.1 Å². The molecule has 2 N–H and O–H groups in total. The molecule has 0 saturated carbocycles. The Morgan fingerprint density at radius 2 is 1.85 bits per heavy atom. The molecule has 0 fully saturated rings. The molecular weight excluding hydrogens is 354 g/mol. The molecule has 1 rings (SSSR count). The highest BCUT2D eigenvalue weighted by Gasteiger charge is 2.04. The van der Waals surface area contributed by atoms with Gasteiger partial charge in [0.1, 0.15) is 17.8 Å². The summed E-state index contributed by atoms with van der Waals surface area (Å²) in [7, 11) is 2.94. The van der Waals surface area contributed by atoms with E-state index in [0.717, 1.165) is 23.7 Å². The van der Waals surface area contributed by atoms with Crippen LogP contribution in [0.5, 0.6) is 0 Å². The first kappa shape index (κ1) is 26.7. The van der Waals surface area contributed by atoms with Gasteiger partial charge in [0, 0.05) is 26.2 Å². The lowest BCUT2D eigenvalue weighted by atomic mass is 10.1. The highest BCUT2D eigenvalue weighted by Crippen LogP contribution is 2.10. The summed E-state index contributed by atoms with van der Waals surface area (Å²) >= 11 is 0. The molecule has 0 aliphatic carbocycles. The molecule has 0 bridgehead atoms. The molecule has 3 amide bonds. The van der Waals surface area contributed by atoms with Gasteiger partial charge in [-0.05, 0) is 31.9 Å². The third-order valence-corrected chi connectivity index (χ3v) is 2.82. The molecule has 0 aliphatic rings. The Morgan fingerprint density at radius 1 is 1.26 bits per heavy atom. The maximum Gasteiger partial charge on any atom is 0.337 e. The molecule has 154 valence electrons. The average molecular weight is 386 g/mol. The number of carbonyl (C=O) groups is 2. The zero-order valence-corrected chi connectivity index (χ0v) is 17.3. The smallest absolute Gasteiger partial charge is 0.337 e. The second-order valence-electron chi connectivity index (χ2n) is 5.47. The van der Waals surface area contributed by atoms with Crippen LogP contribution in [0.4, 0.5) is 13.6 Å². The van der Waals surface area contributed by atoms with Crippen LogP contribution in [0.25, 0.3) is 0 Å². The van der Waals surface area contributed by atoms with E-state index in [2.05, 4.69) is 15.7 Å². The van der Waals surface area contributed by atoms with E-state index in [-0.39, 0.29) is 18.0 Å². The number of halogens is 2. The van der Waals surface area contributed by atoms with Crippen molar-refractivity contribution < 1.29 is 18.4 Å². The number of hydrazone groups is 1. The summed E-state index contributed by atoms with van der Waals surface area (Å²) in [6, 6.07) is 3.38. The minimum absolute atomic E-state index is 0.0549. The van der Waals surface area contributed by atoms with E-state index in [0.29, 0.717) is 12.0 Å². The first-order chi connectivity index (χ1) is 12.7. The molecule has 0 spiro atoms. The number of hydrogen-bond donors (Lipinski definition) is 2. The van der Waals surface area contributed by atoms with E-state index in [4.69, 9.17) is 0 Å². The van der Waals surface area contributed by atoms with Crippen molar-refractivity contribution in [3.8, 4) is 0 Å². The minimum atomic E-state index is -0.512. The van der Waals surface area contributed by atoms with E-state index in [1.54, 1.807) is 0 Å². The summed E-state index contributed by atoms with van der Waals surface area (Å²) < 4.78 is 25.1. The van der Waals surface area contributed by atoms with E-state index >= 15 is 0 Å². The van der Waals surface area contributed by atoms with Crippen molar-refractivity contribution in [3.63, 3.8) is 0 Å². The molecule has 0 unspecified atom stereocenters. The predicted molar refractivity (Wildman–Crippen MR) is 106 cm³/mol. The Labute approximate surface area is 161 Å². The van der Waals surface area contributed by atoms with Gasteiger partial charge >= 0.3 is 6.03 Å². The highest BCUT2D eigenvalue weighted by atomic mass is 19.1. The lowest BCUT2D eigenvalue weighted by molar-refractivity contribution is -0.114. The molecule has 8 heteroatoms. The van der Waals surface area contributed by atoms with Crippen molar-refractivity contribution in [3.05, 3.63) is 35.4 Å². The number of carbonyl (C=O) groups excluding carboxylic acids is 2. The Morgan fingerprint density at radius 3 is 2.30 bits per heavy atom. The molecule has 27 heavy (non-hydrogen) atoms. The van der Waals surface area contributed by atoms with Gasteiger partial charge in [0.15, 0.2) is 0 Å². The van der Waals surface area contributed by atoms with E-state index in [1.807, 2.05) is 34.6 Å². The van der Waals surface area contributed by atoms with Crippen molar-refractivity contribution >= 4 is 18.2 Å². The van der Waals surface area contributed by atoms with Crippen LogP contribution in [0.2, 0.25) is 0 Å². The Kier molecular flexibility index (Phi) is 15.6. The minimum Gasteiger partial charge on any atom is -0.349 e. The third kappa shape index (κ3) is 13.4. The lowest BCUT2D eigenvalue weighted by Crippen LogP contribution is -2.34. The Balaban J connectivity index is 0. The molecule has 0 radical (unpaired) electrons. The molecule has 6 nitrogen and oxygen atoms in total.